The predicted octanol–water partition coefficient (Wildman–Crippen LogP) is 2.88. The van der Waals surface area contributed by atoms with Crippen molar-refractivity contribution >= 4 is 12.0 Å². The minimum absolute atomic E-state index is 0.0104. The van der Waals surface area contributed by atoms with E-state index >= 15 is 0 Å². The molecule has 2 aromatic rings. The Hall–Kier alpha value is -3.52. The SMILES string of the molecule is N#C/C(=C\C=C\c1ccc(O)cc1)C(=O)NCc1ccc(O)cc1. The topological polar surface area (TPSA) is 93.3 Å². The molecule has 0 unspecified atom stereocenters. The molecule has 0 saturated carbocycles. The van der Waals surface area contributed by atoms with Crippen LogP contribution in [0.2, 0.25) is 0 Å². The van der Waals surface area contributed by atoms with E-state index in [1.807, 2.05) is 6.07 Å². The summed E-state index contributed by atoms with van der Waals surface area (Å²) in [6, 6.07) is 14.8. The Balaban J connectivity index is 1.96. The maximum atomic E-state index is 12.0. The highest BCUT2D eigenvalue weighted by Gasteiger charge is 2.07. The van der Waals surface area contributed by atoms with Gasteiger partial charge in [-0.3, -0.25) is 4.79 Å². The van der Waals surface area contributed by atoms with E-state index in [1.165, 1.54) is 18.2 Å². The van der Waals surface area contributed by atoms with Gasteiger partial charge in [0, 0.05) is 6.54 Å². The lowest BCUT2D eigenvalue weighted by atomic mass is 10.1. The molecule has 0 heterocycles. The highest BCUT2D eigenvalue weighted by Crippen LogP contribution is 2.11. The van der Waals surface area contributed by atoms with Gasteiger partial charge in [0.05, 0.1) is 0 Å². The molecule has 24 heavy (non-hydrogen) atoms. The van der Waals surface area contributed by atoms with Crippen LogP contribution in [0.25, 0.3) is 6.08 Å². The molecule has 0 aliphatic carbocycles. The molecular weight excluding hydrogens is 304 g/mol. The van der Waals surface area contributed by atoms with Gasteiger partial charge in [0.15, 0.2) is 0 Å². The van der Waals surface area contributed by atoms with Gasteiger partial charge in [-0.2, -0.15) is 5.26 Å². The van der Waals surface area contributed by atoms with E-state index in [2.05, 4.69) is 5.32 Å². The zero-order valence-corrected chi connectivity index (χ0v) is 12.8. The Morgan fingerprint density at radius 1 is 1.04 bits per heavy atom. The Labute approximate surface area is 139 Å². The Kier molecular flexibility index (Phi) is 5.76. The summed E-state index contributed by atoms with van der Waals surface area (Å²) in [6.07, 6.45) is 4.76. The molecule has 0 fully saturated rings. The molecule has 0 bridgehead atoms. The van der Waals surface area contributed by atoms with Crippen molar-refractivity contribution < 1.29 is 15.0 Å². The van der Waals surface area contributed by atoms with Crippen molar-refractivity contribution in [1.82, 2.24) is 5.32 Å². The van der Waals surface area contributed by atoms with Gasteiger partial charge in [0.25, 0.3) is 5.91 Å². The first-order chi connectivity index (χ1) is 11.6. The standard InChI is InChI=1S/C19H16N2O3/c20-12-16(3-1-2-14-4-8-17(22)9-5-14)19(24)21-13-15-6-10-18(23)11-7-15/h1-11,22-23H,13H2,(H,21,24)/b2-1+,16-3+. The van der Waals surface area contributed by atoms with E-state index in [1.54, 1.807) is 48.6 Å². The first kappa shape index (κ1) is 16.8. The number of rotatable bonds is 5. The highest BCUT2D eigenvalue weighted by atomic mass is 16.3. The molecule has 5 heteroatoms. The second-order valence-electron chi connectivity index (χ2n) is 4.99. The number of carbonyl (C=O) groups is 1. The number of aromatic hydroxyl groups is 2. The Bertz CT molecular complexity index is 798. The fourth-order valence-electron chi connectivity index (χ4n) is 1.90. The summed E-state index contributed by atoms with van der Waals surface area (Å²) in [7, 11) is 0. The lowest BCUT2D eigenvalue weighted by Crippen LogP contribution is -2.23. The van der Waals surface area contributed by atoms with Gasteiger partial charge in [-0.1, -0.05) is 36.4 Å². The van der Waals surface area contributed by atoms with Crippen LogP contribution in [0.4, 0.5) is 0 Å². The smallest absolute Gasteiger partial charge is 0.262 e. The van der Waals surface area contributed by atoms with E-state index in [0.717, 1.165) is 11.1 Å². The lowest BCUT2D eigenvalue weighted by Gasteiger charge is -2.04. The molecule has 0 aliphatic heterocycles. The van der Waals surface area contributed by atoms with Crippen LogP contribution in [0.5, 0.6) is 11.5 Å². The molecule has 0 aliphatic rings. The second-order valence-corrected chi connectivity index (χ2v) is 4.99. The summed E-state index contributed by atoms with van der Waals surface area (Å²) in [5.41, 5.74) is 1.65. The lowest BCUT2D eigenvalue weighted by molar-refractivity contribution is -0.117. The fraction of sp³-hybridized carbons (Fsp3) is 0.0526. The predicted molar refractivity (Wildman–Crippen MR) is 90.8 cm³/mol. The number of benzene rings is 2. The molecule has 0 saturated heterocycles. The average molecular weight is 320 g/mol. The first-order valence-corrected chi connectivity index (χ1v) is 7.22. The van der Waals surface area contributed by atoms with Gasteiger partial charge in [0.2, 0.25) is 0 Å². The fourth-order valence-corrected chi connectivity index (χ4v) is 1.90. The summed E-state index contributed by atoms with van der Waals surface area (Å²) in [6.45, 7) is 0.264. The normalized spacial score (nSPS) is 11.2. The van der Waals surface area contributed by atoms with Crippen molar-refractivity contribution in [3.8, 4) is 17.6 Å². The third-order valence-electron chi connectivity index (χ3n) is 3.20. The average Bonchev–Trinajstić information content (AvgIpc) is 2.59. The Morgan fingerprint density at radius 3 is 2.21 bits per heavy atom. The highest BCUT2D eigenvalue weighted by molar-refractivity contribution is 5.97. The molecule has 5 nitrogen and oxygen atoms in total. The van der Waals surface area contributed by atoms with Gasteiger partial charge < -0.3 is 15.5 Å². The number of amides is 1. The van der Waals surface area contributed by atoms with Crippen molar-refractivity contribution in [2.24, 2.45) is 0 Å². The van der Waals surface area contributed by atoms with Crippen molar-refractivity contribution in [3.05, 3.63) is 77.4 Å². The molecule has 1 amide bonds. The summed E-state index contributed by atoms with van der Waals surface area (Å²) in [5.74, 6) is -0.142. The summed E-state index contributed by atoms with van der Waals surface area (Å²) >= 11 is 0. The van der Waals surface area contributed by atoms with E-state index in [4.69, 9.17) is 5.26 Å². The van der Waals surface area contributed by atoms with Crippen LogP contribution in [0, 0.1) is 11.3 Å². The minimum Gasteiger partial charge on any atom is -0.508 e. The second kappa shape index (κ2) is 8.20. The molecule has 0 atom stereocenters. The maximum Gasteiger partial charge on any atom is 0.262 e. The number of nitriles is 1. The van der Waals surface area contributed by atoms with Crippen molar-refractivity contribution in [3.63, 3.8) is 0 Å². The third kappa shape index (κ3) is 5.04. The van der Waals surface area contributed by atoms with Crippen molar-refractivity contribution in [2.45, 2.75) is 6.54 Å². The number of allylic oxidation sites excluding steroid dienone is 2. The van der Waals surface area contributed by atoms with Gasteiger partial charge in [0.1, 0.15) is 23.1 Å². The zero-order chi connectivity index (χ0) is 17.4. The number of hydrogen-bond acceptors (Lipinski definition) is 4. The molecule has 0 aromatic heterocycles. The van der Waals surface area contributed by atoms with E-state index < -0.39 is 5.91 Å². The summed E-state index contributed by atoms with van der Waals surface area (Å²) < 4.78 is 0. The summed E-state index contributed by atoms with van der Waals surface area (Å²) in [5, 5.41) is 30.1. The Morgan fingerprint density at radius 2 is 1.62 bits per heavy atom. The van der Waals surface area contributed by atoms with Crippen molar-refractivity contribution in [1.29, 1.82) is 5.26 Å². The number of carbonyl (C=O) groups excluding carboxylic acids is 1. The van der Waals surface area contributed by atoms with Crippen LogP contribution in [0.15, 0.2) is 66.3 Å². The number of nitrogens with zero attached hydrogens (tertiary/aromatic N) is 1. The molecule has 3 N–H and O–H groups in total. The number of hydrogen-bond donors (Lipinski definition) is 3. The van der Waals surface area contributed by atoms with Crippen LogP contribution in [0.1, 0.15) is 11.1 Å². The number of nitrogens with one attached hydrogen (secondary N) is 1. The van der Waals surface area contributed by atoms with E-state index in [0.29, 0.717) is 0 Å². The molecule has 120 valence electrons. The van der Waals surface area contributed by atoms with Crippen LogP contribution in [0.3, 0.4) is 0 Å². The first-order valence-electron chi connectivity index (χ1n) is 7.22. The zero-order valence-electron chi connectivity index (χ0n) is 12.8. The molecule has 2 aromatic carbocycles. The van der Waals surface area contributed by atoms with Gasteiger partial charge in [-0.05, 0) is 41.5 Å². The molecular formula is C19H16N2O3. The molecule has 2 rings (SSSR count). The van der Waals surface area contributed by atoms with Crippen molar-refractivity contribution in [2.75, 3.05) is 0 Å². The van der Waals surface area contributed by atoms with Crippen LogP contribution >= 0.6 is 0 Å². The van der Waals surface area contributed by atoms with Crippen LogP contribution in [-0.4, -0.2) is 16.1 Å². The number of phenolic OH excluding ortho intramolecular Hbond substituents is 2. The quantitative estimate of drug-likeness (QED) is 0.448. The molecule has 0 spiro atoms. The largest absolute Gasteiger partial charge is 0.508 e. The minimum atomic E-state index is -0.471. The van der Waals surface area contributed by atoms with Crippen LogP contribution < -0.4 is 5.32 Å². The van der Waals surface area contributed by atoms with Gasteiger partial charge in [-0.25, -0.2) is 0 Å². The maximum absolute atomic E-state index is 12.0. The van der Waals surface area contributed by atoms with Crippen LogP contribution in [-0.2, 0) is 11.3 Å². The van der Waals surface area contributed by atoms with E-state index in [9.17, 15) is 15.0 Å². The van der Waals surface area contributed by atoms with E-state index in [-0.39, 0.29) is 23.6 Å². The number of phenols is 2. The molecule has 0 radical (unpaired) electrons. The van der Waals surface area contributed by atoms with Gasteiger partial charge in [-0.15, -0.1) is 0 Å². The van der Waals surface area contributed by atoms with Gasteiger partial charge >= 0.3 is 0 Å². The summed E-state index contributed by atoms with van der Waals surface area (Å²) in [4.78, 5) is 12.0. The third-order valence-corrected chi connectivity index (χ3v) is 3.20. The monoisotopic (exact) mass is 320 g/mol.